The highest BCUT2D eigenvalue weighted by Crippen LogP contribution is 2.33. The van der Waals surface area contributed by atoms with Gasteiger partial charge in [-0.25, -0.2) is 4.98 Å². The second-order valence-electron chi connectivity index (χ2n) is 5.02. The predicted molar refractivity (Wildman–Crippen MR) is 87.1 cm³/mol. The molecular formula is C17H17NO2S. The van der Waals surface area contributed by atoms with E-state index in [1.54, 1.807) is 11.3 Å². The van der Waals surface area contributed by atoms with Crippen LogP contribution in [0.3, 0.4) is 0 Å². The van der Waals surface area contributed by atoms with Crippen molar-refractivity contribution in [1.82, 2.24) is 4.98 Å². The minimum atomic E-state index is 0.0224. The molecule has 1 N–H and O–H groups in total. The van der Waals surface area contributed by atoms with Crippen molar-refractivity contribution in [3.8, 4) is 16.3 Å². The van der Waals surface area contributed by atoms with Gasteiger partial charge in [-0.1, -0.05) is 12.1 Å². The van der Waals surface area contributed by atoms with E-state index >= 15 is 0 Å². The first-order valence-corrected chi connectivity index (χ1v) is 7.71. The third-order valence-corrected chi connectivity index (χ3v) is 4.54. The largest absolute Gasteiger partial charge is 0.491 e. The second kappa shape index (κ2) is 5.84. The molecule has 0 spiro atoms. The molecule has 1 aromatic heterocycles. The van der Waals surface area contributed by atoms with Crippen LogP contribution in [0, 0.1) is 13.8 Å². The van der Waals surface area contributed by atoms with Gasteiger partial charge >= 0.3 is 0 Å². The number of aromatic nitrogens is 1. The van der Waals surface area contributed by atoms with Gasteiger partial charge in [-0.2, -0.15) is 0 Å². The van der Waals surface area contributed by atoms with Crippen molar-refractivity contribution in [3.63, 3.8) is 0 Å². The molecule has 0 unspecified atom stereocenters. The highest BCUT2D eigenvalue weighted by atomic mass is 32.1. The number of aryl methyl sites for hydroxylation is 2. The fourth-order valence-corrected chi connectivity index (χ4v) is 3.15. The second-order valence-corrected chi connectivity index (χ2v) is 6.05. The van der Waals surface area contributed by atoms with E-state index in [-0.39, 0.29) is 6.61 Å². The molecule has 0 amide bonds. The molecule has 3 nitrogen and oxygen atoms in total. The topological polar surface area (TPSA) is 42.4 Å². The van der Waals surface area contributed by atoms with Crippen LogP contribution in [0.25, 0.3) is 20.8 Å². The van der Waals surface area contributed by atoms with Crippen molar-refractivity contribution in [1.29, 1.82) is 0 Å². The van der Waals surface area contributed by atoms with Crippen LogP contribution in [-0.4, -0.2) is 23.3 Å². The molecular weight excluding hydrogens is 282 g/mol. The molecule has 1 heterocycles. The van der Waals surface area contributed by atoms with Gasteiger partial charge in [-0.05, 0) is 49.2 Å². The molecule has 4 heteroatoms. The Labute approximate surface area is 127 Å². The lowest BCUT2D eigenvalue weighted by Crippen LogP contribution is -2.00. The Morgan fingerprint density at radius 3 is 2.71 bits per heavy atom. The summed E-state index contributed by atoms with van der Waals surface area (Å²) in [6.45, 7) is 4.57. The third-order valence-electron chi connectivity index (χ3n) is 3.47. The summed E-state index contributed by atoms with van der Waals surface area (Å²) in [5, 5.41) is 9.83. The highest BCUT2D eigenvalue weighted by Gasteiger charge is 2.08. The average Bonchev–Trinajstić information content (AvgIpc) is 2.91. The Kier molecular flexibility index (Phi) is 3.90. The van der Waals surface area contributed by atoms with Gasteiger partial charge in [0.25, 0.3) is 0 Å². The van der Waals surface area contributed by atoms with E-state index in [1.165, 1.54) is 11.1 Å². The zero-order valence-electron chi connectivity index (χ0n) is 12.1. The molecule has 21 heavy (non-hydrogen) atoms. The Bertz CT molecular complexity index is 780. The number of benzene rings is 2. The predicted octanol–water partition coefficient (Wildman–Crippen LogP) is 3.95. The summed E-state index contributed by atoms with van der Waals surface area (Å²) in [7, 11) is 0. The fraction of sp³-hybridized carbons (Fsp3) is 0.235. The maximum absolute atomic E-state index is 8.81. The van der Waals surface area contributed by atoms with Gasteiger partial charge in [-0.15, -0.1) is 11.3 Å². The van der Waals surface area contributed by atoms with Crippen LogP contribution in [0.4, 0.5) is 0 Å². The van der Waals surface area contributed by atoms with E-state index in [9.17, 15) is 0 Å². The molecule has 0 saturated heterocycles. The summed E-state index contributed by atoms with van der Waals surface area (Å²) in [5.74, 6) is 0.770. The van der Waals surface area contributed by atoms with E-state index < -0.39 is 0 Å². The van der Waals surface area contributed by atoms with Crippen LogP contribution in [0.1, 0.15) is 11.1 Å². The average molecular weight is 299 g/mol. The van der Waals surface area contributed by atoms with Crippen molar-refractivity contribution in [2.45, 2.75) is 13.8 Å². The summed E-state index contributed by atoms with van der Waals surface area (Å²) in [6.07, 6.45) is 0. The van der Waals surface area contributed by atoms with Crippen LogP contribution < -0.4 is 4.74 Å². The lowest BCUT2D eigenvalue weighted by Gasteiger charge is -2.02. The minimum absolute atomic E-state index is 0.0224. The molecule has 0 aliphatic carbocycles. The number of hydrogen-bond donors (Lipinski definition) is 1. The number of hydrogen-bond acceptors (Lipinski definition) is 4. The fourth-order valence-electron chi connectivity index (χ4n) is 2.16. The van der Waals surface area contributed by atoms with Crippen molar-refractivity contribution < 1.29 is 9.84 Å². The number of aliphatic hydroxyl groups excluding tert-OH is 1. The monoisotopic (exact) mass is 299 g/mol. The quantitative estimate of drug-likeness (QED) is 0.793. The molecule has 0 saturated carbocycles. The van der Waals surface area contributed by atoms with Crippen molar-refractivity contribution in [2.24, 2.45) is 0 Å². The van der Waals surface area contributed by atoms with Crippen LogP contribution in [0.2, 0.25) is 0 Å². The molecule has 108 valence electrons. The van der Waals surface area contributed by atoms with Gasteiger partial charge in [0.1, 0.15) is 17.4 Å². The number of rotatable bonds is 4. The molecule has 3 aromatic rings. The van der Waals surface area contributed by atoms with Crippen molar-refractivity contribution in [2.75, 3.05) is 13.2 Å². The van der Waals surface area contributed by atoms with Crippen LogP contribution in [-0.2, 0) is 0 Å². The first-order chi connectivity index (χ1) is 10.2. The van der Waals surface area contributed by atoms with Crippen molar-refractivity contribution in [3.05, 3.63) is 47.5 Å². The number of fused-ring (bicyclic) bond motifs is 1. The summed E-state index contributed by atoms with van der Waals surface area (Å²) in [4.78, 5) is 4.69. The van der Waals surface area contributed by atoms with E-state index in [1.807, 2.05) is 18.2 Å². The van der Waals surface area contributed by atoms with Gasteiger partial charge in [0.15, 0.2) is 0 Å². The van der Waals surface area contributed by atoms with E-state index in [2.05, 4.69) is 37.0 Å². The van der Waals surface area contributed by atoms with E-state index in [0.29, 0.717) is 6.61 Å². The number of ether oxygens (including phenoxy) is 1. The molecule has 2 aromatic carbocycles. The highest BCUT2D eigenvalue weighted by molar-refractivity contribution is 7.21. The van der Waals surface area contributed by atoms with Crippen molar-refractivity contribution >= 4 is 21.6 Å². The lowest BCUT2D eigenvalue weighted by molar-refractivity contribution is 0.201. The maximum atomic E-state index is 8.81. The zero-order chi connectivity index (χ0) is 14.8. The normalized spacial score (nSPS) is 11.0. The summed E-state index contributed by atoms with van der Waals surface area (Å²) in [5.41, 5.74) is 4.69. The summed E-state index contributed by atoms with van der Waals surface area (Å²) >= 11 is 1.66. The first kappa shape index (κ1) is 14.0. The zero-order valence-corrected chi connectivity index (χ0v) is 12.9. The van der Waals surface area contributed by atoms with Crippen LogP contribution in [0.15, 0.2) is 36.4 Å². The van der Waals surface area contributed by atoms with Crippen LogP contribution in [0.5, 0.6) is 5.75 Å². The maximum Gasteiger partial charge on any atom is 0.124 e. The van der Waals surface area contributed by atoms with E-state index in [0.717, 1.165) is 26.5 Å². The Morgan fingerprint density at radius 2 is 1.95 bits per heavy atom. The number of aliphatic hydroxyl groups is 1. The Hall–Kier alpha value is -1.91. The molecule has 0 aliphatic heterocycles. The van der Waals surface area contributed by atoms with Crippen LogP contribution >= 0.6 is 11.3 Å². The molecule has 0 bridgehead atoms. The molecule has 0 radical (unpaired) electrons. The van der Waals surface area contributed by atoms with Gasteiger partial charge in [0, 0.05) is 5.56 Å². The summed E-state index contributed by atoms with van der Waals surface area (Å²) < 4.78 is 6.54. The molecule has 0 aliphatic rings. The van der Waals surface area contributed by atoms with E-state index in [4.69, 9.17) is 9.84 Å². The van der Waals surface area contributed by atoms with Gasteiger partial charge < -0.3 is 9.84 Å². The van der Waals surface area contributed by atoms with Gasteiger partial charge in [0.05, 0.1) is 16.8 Å². The van der Waals surface area contributed by atoms with Gasteiger partial charge in [-0.3, -0.25) is 0 Å². The number of thiazole rings is 1. The Balaban J connectivity index is 1.98. The minimum Gasteiger partial charge on any atom is -0.491 e. The Morgan fingerprint density at radius 1 is 1.10 bits per heavy atom. The summed E-state index contributed by atoms with van der Waals surface area (Å²) in [6, 6.07) is 12.3. The standard InChI is InChI=1S/C17H17NO2S/c1-11-3-4-13(9-12(11)2)17-18-15-6-5-14(20-8-7-19)10-16(15)21-17/h3-6,9-10,19H,7-8H2,1-2H3. The molecule has 3 rings (SSSR count). The molecule has 0 fully saturated rings. The SMILES string of the molecule is Cc1ccc(-c2nc3ccc(OCCO)cc3s2)cc1C. The molecule has 0 atom stereocenters. The number of nitrogens with zero attached hydrogens (tertiary/aromatic N) is 1. The lowest BCUT2D eigenvalue weighted by atomic mass is 10.1. The van der Waals surface area contributed by atoms with Gasteiger partial charge in [0.2, 0.25) is 0 Å². The first-order valence-electron chi connectivity index (χ1n) is 6.89. The third kappa shape index (κ3) is 2.91. The smallest absolute Gasteiger partial charge is 0.124 e.